The first-order chi connectivity index (χ1) is 7.56. The maximum Gasteiger partial charge on any atom is 0.176 e. The molecule has 0 fully saturated rings. The largest absolute Gasteiger partial charge is 0.313 e. The van der Waals surface area contributed by atoms with E-state index in [1.54, 1.807) is 17.4 Å². The van der Waals surface area contributed by atoms with Crippen molar-refractivity contribution in [1.29, 1.82) is 0 Å². The van der Waals surface area contributed by atoms with E-state index < -0.39 is 0 Å². The van der Waals surface area contributed by atoms with Crippen molar-refractivity contribution in [2.24, 2.45) is 0 Å². The van der Waals surface area contributed by atoms with Crippen molar-refractivity contribution < 1.29 is 9.59 Å². The first-order valence-electron chi connectivity index (χ1n) is 4.82. The van der Waals surface area contributed by atoms with E-state index in [2.05, 4.69) is 15.9 Å². The summed E-state index contributed by atoms with van der Waals surface area (Å²) in [7, 11) is 0. The molecule has 0 aliphatic heterocycles. The predicted octanol–water partition coefficient (Wildman–Crippen LogP) is 3.03. The number of ketones is 1. The van der Waals surface area contributed by atoms with Crippen LogP contribution in [0.3, 0.4) is 0 Å². The molecule has 2 rings (SSSR count). The minimum atomic E-state index is -0.0469. The van der Waals surface area contributed by atoms with Gasteiger partial charge in [0.25, 0.3) is 0 Å². The van der Waals surface area contributed by atoms with Gasteiger partial charge in [-0.25, -0.2) is 0 Å². The fourth-order valence-corrected chi connectivity index (χ4v) is 2.31. The molecule has 0 saturated carbocycles. The average Bonchev–Trinajstić information content (AvgIpc) is 2.58. The summed E-state index contributed by atoms with van der Waals surface area (Å²) < 4.78 is 2.67. The number of Topliss-reactive ketones (excluding diaryl/α,β-unsaturated/α-hetero) is 1. The quantitative estimate of drug-likeness (QED) is 0.626. The fourth-order valence-electron chi connectivity index (χ4n) is 1.88. The number of fused-ring (bicyclic) bond motifs is 1. The van der Waals surface area contributed by atoms with Gasteiger partial charge in [-0.2, -0.15) is 0 Å². The molecule has 3 nitrogen and oxygen atoms in total. The minimum absolute atomic E-state index is 0.0469. The molecule has 0 aliphatic carbocycles. The molecule has 0 bridgehead atoms. The second kappa shape index (κ2) is 3.87. The smallest absolute Gasteiger partial charge is 0.176 e. The van der Waals surface area contributed by atoms with Crippen LogP contribution in [0.4, 0.5) is 0 Å². The Kier molecular flexibility index (Phi) is 2.68. The summed E-state index contributed by atoms with van der Waals surface area (Å²) >= 11 is 3.39. The Hall–Kier alpha value is -1.42. The van der Waals surface area contributed by atoms with Gasteiger partial charge in [0.2, 0.25) is 0 Å². The topological polar surface area (TPSA) is 38.5 Å². The van der Waals surface area contributed by atoms with Crippen molar-refractivity contribution in [3.8, 4) is 0 Å². The van der Waals surface area contributed by atoms with Crippen molar-refractivity contribution >= 4 is 33.5 Å². The second-order valence-corrected chi connectivity index (χ2v) is 4.52. The van der Waals surface area contributed by atoms with Crippen LogP contribution < -0.4 is 0 Å². The van der Waals surface area contributed by atoms with E-state index in [1.807, 2.05) is 12.3 Å². The van der Waals surface area contributed by atoms with Crippen molar-refractivity contribution in [1.82, 2.24) is 4.40 Å². The van der Waals surface area contributed by atoms with Crippen molar-refractivity contribution in [2.75, 3.05) is 0 Å². The molecule has 0 aliphatic rings. The number of carbonyl (C=O) groups excluding carboxylic acids is 2. The molecule has 0 atom stereocenters. The molecule has 0 spiro atoms. The number of nitrogens with zero attached hydrogens (tertiary/aromatic N) is 1. The summed E-state index contributed by atoms with van der Waals surface area (Å²) in [6.45, 7) is 3.29. The SMILES string of the molecule is CC(=O)c1c(C)c(C=O)cc2c(Br)ccn12. The Bertz CT molecular complexity index is 599. The van der Waals surface area contributed by atoms with Gasteiger partial charge in [-0.1, -0.05) is 0 Å². The van der Waals surface area contributed by atoms with Gasteiger partial charge in [0.15, 0.2) is 5.78 Å². The number of pyridine rings is 1. The van der Waals surface area contributed by atoms with Gasteiger partial charge >= 0.3 is 0 Å². The average molecular weight is 280 g/mol. The number of hydrogen-bond donors (Lipinski definition) is 0. The third-order valence-corrected chi connectivity index (χ3v) is 3.33. The maximum atomic E-state index is 11.6. The highest BCUT2D eigenvalue weighted by Crippen LogP contribution is 2.25. The number of carbonyl (C=O) groups is 2. The van der Waals surface area contributed by atoms with Crippen molar-refractivity contribution in [3.63, 3.8) is 0 Å². The summed E-state index contributed by atoms with van der Waals surface area (Å²) in [5, 5.41) is 0. The van der Waals surface area contributed by atoms with Crippen LogP contribution in [0.5, 0.6) is 0 Å². The number of aldehydes is 1. The lowest BCUT2D eigenvalue weighted by molar-refractivity contribution is 0.101. The molecule has 0 unspecified atom stereocenters. The van der Waals surface area contributed by atoms with Gasteiger partial charge in [0, 0.05) is 23.2 Å². The lowest BCUT2D eigenvalue weighted by atomic mass is 10.1. The van der Waals surface area contributed by atoms with Crippen molar-refractivity contribution in [3.05, 3.63) is 39.6 Å². The van der Waals surface area contributed by atoms with Crippen LogP contribution in [0.2, 0.25) is 0 Å². The number of rotatable bonds is 2. The summed E-state index contributed by atoms with van der Waals surface area (Å²) in [6.07, 6.45) is 2.60. The molecule has 0 aromatic carbocycles. The third-order valence-electron chi connectivity index (χ3n) is 2.66. The molecule has 82 valence electrons. The van der Waals surface area contributed by atoms with E-state index in [4.69, 9.17) is 0 Å². The normalized spacial score (nSPS) is 10.7. The molecule has 2 aromatic rings. The summed E-state index contributed by atoms with van der Waals surface area (Å²) in [6, 6.07) is 3.63. The molecule has 0 saturated heterocycles. The zero-order chi connectivity index (χ0) is 11.9. The summed E-state index contributed by atoms with van der Waals surface area (Å²) in [5.41, 5.74) is 2.67. The molecule has 0 amide bonds. The van der Waals surface area contributed by atoms with Gasteiger partial charge in [0.1, 0.15) is 6.29 Å². The molecular weight excluding hydrogens is 270 g/mol. The predicted molar refractivity (Wildman–Crippen MR) is 65.2 cm³/mol. The lowest BCUT2D eigenvalue weighted by Gasteiger charge is -2.09. The van der Waals surface area contributed by atoms with Crippen LogP contribution in [0, 0.1) is 6.92 Å². The molecule has 4 heteroatoms. The van der Waals surface area contributed by atoms with Crippen molar-refractivity contribution in [2.45, 2.75) is 13.8 Å². The Morgan fingerprint density at radius 1 is 1.50 bits per heavy atom. The van der Waals surface area contributed by atoms with Crippen LogP contribution in [0.25, 0.3) is 5.52 Å². The molecule has 2 aromatic heterocycles. The monoisotopic (exact) mass is 279 g/mol. The van der Waals surface area contributed by atoms with E-state index in [1.165, 1.54) is 6.92 Å². The molecule has 0 radical (unpaired) electrons. The van der Waals surface area contributed by atoms with E-state index in [0.29, 0.717) is 11.3 Å². The minimum Gasteiger partial charge on any atom is -0.313 e. The maximum absolute atomic E-state index is 11.6. The van der Waals surface area contributed by atoms with Crippen LogP contribution in [0.15, 0.2) is 22.8 Å². The van der Waals surface area contributed by atoms with E-state index in [-0.39, 0.29) is 5.78 Å². The fraction of sp³-hybridized carbons (Fsp3) is 0.167. The lowest BCUT2D eigenvalue weighted by Crippen LogP contribution is -2.07. The van der Waals surface area contributed by atoms with Gasteiger partial charge < -0.3 is 4.40 Å². The molecule has 2 heterocycles. The van der Waals surface area contributed by atoms with Crippen LogP contribution in [-0.2, 0) is 0 Å². The van der Waals surface area contributed by atoms with Crippen LogP contribution in [-0.4, -0.2) is 16.5 Å². The zero-order valence-electron chi connectivity index (χ0n) is 8.95. The first-order valence-corrected chi connectivity index (χ1v) is 5.62. The highest BCUT2D eigenvalue weighted by Gasteiger charge is 2.14. The Morgan fingerprint density at radius 3 is 2.75 bits per heavy atom. The number of halogens is 1. The summed E-state index contributed by atoms with van der Waals surface area (Å²) in [4.78, 5) is 22.5. The van der Waals surface area contributed by atoms with E-state index in [9.17, 15) is 9.59 Å². The number of hydrogen-bond acceptors (Lipinski definition) is 2. The standard InChI is InChI=1S/C12H10BrNO2/c1-7-9(6-15)5-11-10(13)3-4-14(11)12(7)8(2)16/h3-6H,1-2H3. The van der Waals surface area contributed by atoms with Crippen LogP contribution >= 0.6 is 15.9 Å². The zero-order valence-corrected chi connectivity index (χ0v) is 10.5. The Morgan fingerprint density at radius 2 is 2.19 bits per heavy atom. The van der Waals surface area contributed by atoms with E-state index >= 15 is 0 Å². The van der Waals surface area contributed by atoms with E-state index in [0.717, 1.165) is 21.8 Å². The van der Waals surface area contributed by atoms with Gasteiger partial charge in [-0.05, 0) is 40.5 Å². The molecular formula is C12H10BrNO2. The third kappa shape index (κ3) is 1.50. The van der Waals surface area contributed by atoms with Gasteiger partial charge in [-0.15, -0.1) is 0 Å². The van der Waals surface area contributed by atoms with Gasteiger partial charge in [-0.3, -0.25) is 9.59 Å². The molecule has 16 heavy (non-hydrogen) atoms. The first kappa shape index (κ1) is 11.1. The second-order valence-electron chi connectivity index (χ2n) is 3.67. The van der Waals surface area contributed by atoms with Gasteiger partial charge in [0.05, 0.1) is 11.2 Å². The summed E-state index contributed by atoms with van der Waals surface area (Å²) in [5.74, 6) is -0.0469. The Labute approximate surface area is 101 Å². The molecule has 0 N–H and O–H groups in total. The van der Waals surface area contributed by atoms with Crippen LogP contribution in [0.1, 0.15) is 33.3 Å². The highest BCUT2D eigenvalue weighted by atomic mass is 79.9. The number of aromatic nitrogens is 1. The highest BCUT2D eigenvalue weighted by molar-refractivity contribution is 9.10. The Balaban J connectivity index is 2.98.